The van der Waals surface area contributed by atoms with Crippen molar-refractivity contribution in [3.8, 4) is 11.3 Å². The smallest absolute Gasteiger partial charge is 0.312 e. The first-order chi connectivity index (χ1) is 14.4. The van der Waals surface area contributed by atoms with Gasteiger partial charge >= 0.3 is 5.97 Å². The highest BCUT2D eigenvalue weighted by Gasteiger charge is 2.15. The Hall–Kier alpha value is -3.41. The molecule has 6 nitrogen and oxygen atoms in total. The molecule has 0 aliphatic carbocycles. The standard InChI is InChI=1S/C24H26N4O2/c1-5-28-20(12-22(26-28)21-8-6-16(2)10-17(21)3)13-24(29)30-15-18-7-9-23-19(11-18)14-25-27(23)4/h6-12,14H,5,13,15H2,1-4H3. The van der Waals surface area contributed by atoms with Gasteiger partial charge in [0.15, 0.2) is 0 Å². The lowest BCUT2D eigenvalue weighted by molar-refractivity contribution is -0.144. The number of nitrogens with zero attached hydrogens (tertiary/aromatic N) is 4. The van der Waals surface area contributed by atoms with Crippen molar-refractivity contribution in [3.63, 3.8) is 0 Å². The van der Waals surface area contributed by atoms with Crippen LogP contribution in [0.25, 0.3) is 22.2 Å². The van der Waals surface area contributed by atoms with Crippen LogP contribution in [-0.2, 0) is 36.2 Å². The molecule has 0 spiro atoms. The minimum Gasteiger partial charge on any atom is -0.461 e. The number of fused-ring (bicyclic) bond motifs is 1. The molecule has 2 aromatic carbocycles. The van der Waals surface area contributed by atoms with Gasteiger partial charge in [-0.25, -0.2) is 0 Å². The Kier molecular flexibility index (Phi) is 5.40. The van der Waals surface area contributed by atoms with Gasteiger partial charge in [-0.1, -0.05) is 29.8 Å². The van der Waals surface area contributed by atoms with Gasteiger partial charge in [0.1, 0.15) is 6.61 Å². The molecule has 0 unspecified atom stereocenters. The number of aryl methyl sites for hydroxylation is 4. The molecule has 0 atom stereocenters. The van der Waals surface area contributed by atoms with Gasteiger partial charge in [0, 0.05) is 24.5 Å². The Morgan fingerprint density at radius 3 is 2.70 bits per heavy atom. The highest BCUT2D eigenvalue weighted by atomic mass is 16.5. The van der Waals surface area contributed by atoms with Crippen LogP contribution in [0.5, 0.6) is 0 Å². The monoisotopic (exact) mass is 402 g/mol. The van der Waals surface area contributed by atoms with Crippen molar-refractivity contribution in [2.24, 2.45) is 7.05 Å². The van der Waals surface area contributed by atoms with E-state index >= 15 is 0 Å². The second-order valence-corrected chi connectivity index (χ2v) is 7.65. The lowest BCUT2D eigenvalue weighted by Gasteiger charge is -2.07. The van der Waals surface area contributed by atoms with Crippen LogP contribution in [-0.4, -0.2) is 25.5 Å². The number of carbonyl (C=O) groups excluding carboxylic acids is 1. The Morgan fingerprint density at radius 1 is 1.10 bits per heavy atom. The SMILES string of the molecule is CCn1nc(-c2ccc(C)cc2C)cc1CC(=O)OCc1ccc2c(cnn2C)c1. The van der Waals surface area contributed by atoms with Crippen LogP contribution < -0.4 is 0 Å². The highest BCUT2D eigenvalue weighted by Crippen LogP contribution is 2.24. The molecular formula is C24H26N4O2. The average Bonchev–Trinajstić information content (AvgIpc) is 3.29. The van der Waals surface area contributed by atoms with Gasteiger partial charge in [-0.3, -0.25) is 14.2 Å². The molecule has 0 aliphatic rings. The van der Waals surface area contributed by atoms with Crippen molar-refractivity contribution >= 4 is 16.9 Å². The number of carbonyl (C=O) groups is 1. The van der Waals surface area contributed by atoms with Crippen LogP contribution in [0.3, 0.4) is 0 Å². The zero-order valence-electron chi connectivity index (χ0n) is 17.8. The van der Waals surface area contributed by atoms with E-state index < -0.39 is 0 Å². The summed E-state index contributed by atoms with van der Waals surface area (Å²) >= 11 is 0. The topological polar surface area (TPSA) is 61.9 Å². The third kappa shape index (κ3) is 3.99. The molecule has 0 saturated heterocycles. The Bertz CT molecular complexity index is 1220. The molecule has 2 aromatic heterocycles. The largest absolute Gasteiger partial charge is 0.461 e. The molecule has 0 bridgehead atoms. The highest BCUT2D eigenvalue weighted by molar-refractivity contribution is 5.79. The first-order valence-electron chi connectivity index (χ1n) is 10.1. The normalized spacial score (nSPS) is 11.2. The van der Waals surface area contributed by atoms with E-state index in [0.717, 1.165) is 33.4 Å². The first-order valence-corrected chi connectivity index (χ1v) is 10.1. The maximum absolute atomic E-state index is 12.5. The van der Waals surface area contributed by atoms with E-state index in [0.29, 0.717) is 6.54 Å². The minimum absolute atomic E-state index is 0.195. The average molecular weight is 402 g/mol. The van der Waals surface area contributed by atoms with Gasteiger partial charge < -0.3 is 4.74 Å². The summed E-state index contributed by atoms with van der Waals surface area (Å²) in [7, 11) is 1.91. The van der Waals surface area contributed by atoms with E-state index in [1.807, 2.05) is 53.8 Å². The van der Waals surface area contributed by atoms with Crippen LogP contribution >= 0.6 is 0 Å². The Morgan fingerprint density at radius 2 is 1.93 bits per heavy atom. The fourth-order valence-electron chi connectivity index (χ4n) is 3.77. The quantitative estimate of drug-likeness (QED) is 0.450. The summed E-state index contributed by atoms with van der Waals surface area (Å²) in [6.45, 7) is 7.13. The summed E-state index contributed by atoms with van der Waals surface area (Å²) in [5, 5.41) is 9.98. The minimum atomic E-state index is -0.261. The zero-order chi connectivity index (χ0) is 21.3. The summed E-state index contributed by atoms with van der Waals surface area (Å²) in [6.07, 6.45) is 2.01. The summed E-state index contributed by atoms with van der Waals surface area (Å²) in [5.41, 5.74) is 7.24. The van der Waals surface area contributed by atoms with E-state index in [2.05, 4.69) is 37.1 Å². The molecule has 0 N–H and O–H groups in total. The number of esters is 1. The molecule has 4 rings (SSSR count). The molecule has 30 heavy (non-hydrogen) atoms. The molecule has 0 amide bonds. The molecule has 2 heterocycles. The van der Waals surface area contributed by atoms with Crippen molar-refractivity contribution in [2.45, 2.75) is 40.3 Å². The van der Waals surface area contributed by atoms with Crippen molar-refractivity contribution in [3.05, 3.63) is 71.0 Å². The molecule has 0 aliphatic heterocycles. The van der Waals surface area contributed by atoms with Gasteiger partial charge in [-0.2, -0.15) is 10.2 Å². The van der Waals surface area contributed by atoms with Gasteiger partial charge in [0.25, 0.3) is 0 Å². The molecule has 0 fully saturated rings. The fourth-order valence-corrected chi connectivity index (χ4v) is 3.77. The van der Waals surface area contributed by atoms with Gasteiger partial charge in [-0.15, -0.1) is 0 Å². The van der Waals surface area contributed by atoms with Crippen LogP contribution in [0.2, 0.25) is 0 Å². The van der Waals surface area contributed by atoms with E-state index in [9.17, 15) is 4.79 Å². The molecule has 0 radical (unpaired) electrons. The summed E-state index contributed by atoms with van der Waals surface area (Å²) in [5.74, 6) is -0.261. The summed E-state index contributed by atoms with van der Waals surface area (Å²) in [4.78, 5) is 12.5. The van der Waals surface area contributed by atoms with Gasteiger partial charge in [-0.05, 0) is 50.1 Å². The van der Waals surface area contributed by atoms with E-state index in [1.54, 1.807) is 0 Å². The van der Waals surface area contributed by atoms with E-state index in [1.165, 1.54) is 11.1 Å². The number of benzene rings is 2. The van der Waals surface area contributed by atoms with Crippen molar-refractivity contribution in [1.29, 1.82) is 0 Å². The molecular weight excluding hydrogens is 376 g/mol. The van der Waals surface area contributed by atoms with Crippen LogP contribution in [0.1, 0.15) is 29.3 Å². The summed E-state index contributed by atoms with van der Waals surface area (Å²) < 4.78 is 9.23. The number of hydrogen-bond donors (Lipinski definition) is 0. The Balaban J connectivity index is 1.46. The van der Waals surface area contributed by atoms with Crippen LogP contribution in [0, 0.1) is 13.8 Å². The van der Waals surface area contributed by atoms with Crippen molar-refractivity contribution in [1.82, 2.24) is 19.6 Å². The molecule has 0 saturated carbocycles. The Labute approximate surface area is 176 Å². The molecule has 154 valence electrons. The first kappa shape index (κ1) is 19.9. The van der Waals surface area contributed by atoms with E-state index in [-0.39, 0.29) is 19.0 Å². The van der Waals surface area contributed by atoms with Gasteiger partial charge in [0.2, 0.25) is 0 Å². The van der Waals surface area contributed by atoms with Crippen molar-refractivity contribution < 1.29 is 9.53 Å². The third-order valence-corrected chi connectivity index (χ3v) is 5.36. The fraction of sp³-hybridized carbons (Fsp3) is 0.292. The van der Waals surface area contributed by atoms with E-state index in [4.69, 9.17) is 9.84 Å². The van der Waals surface area contributed by atoms with Crippen LogP contribution in [0.15, 0.2) is 48.7 Å². The van der Waals surface area contributed by atoms with Crippen LogP contribution in [0.4, 0.5) is 0 Å². The maximum atomic E-state index is 12.5. The molecule has 6 heteroatoms. The zero-order valence-corrected chi connectivity index (χ0v) is 17.8. The predicted molar refractivity (Wildman–Crippen MR) is 117 cm³/mol. The second kappa shape index (κ2) is 8.14. The predicted octanol–water partition coefficient (Wildman–Crippen LogP) is 4.36. The lowest BCUT2D eigenvalue weighted by atomic mass is 10.0. The number of hydrogen-bond acceptors (Lipinski definition) is 4. The molecule has 4 aromatic rings. The number of ether oxygens (including phenoxy) is 1. The van der Waals surface area contributed by atoms with Crippen molar-refractivity contribution in [2.75, 3.05) is 0 Å². The maximum Gasteiger partial charge on any atom is 0.312 e. The third-order valence-electron chi connectivity index (χ3n) is 5.36. The van der Waals surface area contributed by atoms with Gasteiger partial charge in [0.05, 0.1) is 29.5 Å². The number of rotatable bonds is 6. The summed E-state index contributed by atoms with van der Waals surface area (Å²) in [6, 6.07) is 14.3. The lowest BCUT2D eigenvalue weighted by Crippen LogP contribution is -2.12. The second-order valence-electron chi connectivity index (χ2n) is 7.65. The number of aromatic nitrogens is 4.